The lowest BCUT2D eigenvalue weighted by molar-refractivity contribution is -0.118. The van der Waals surface area contributed by atoms with Gasteiger partial charge in [0.15, 0.2) is 0 Å². The first kappa shape index (κ1) is 15.8. The summed E-state index contributed by atoms with van der Waals surface area (Å²) in [5.74, 6) is -0.970. The minimum Gasteiger partial charge on any atom is -0.370 e. The number of hydrogen-bond acceptors (Lipinski definition) is 2. The fraction of sp³-hybridized carbons (Fsp3) is 0.133. The van der Waals surface area contributed by atoms with E-state index < -0.39 is 11.9 Å². The Balaban J connectivity index is 2.32. The van der Waals surface area contributed by atoms with Gasteiger partial charge in [-0.05, 0) is 58.2 Å². The minimum absolute atomic E-state index is 0.377. The van der Waals surface area contributed by atoms with Crippen LogP contribution in [-0.2, 0) is 4.79 Å². The first-order chi connectivity index (χ1) is 9.88. The van der Waals surface area contributed by atoms with Gasteiger partial charge in [0, 0.05) is 10.2 Å². The van der Waals surface area contributed by atoms with E-state index in [9.17, 15) is 9.18 Å². The monoisotopic (exact) mass is 370 g/mol. The third kappa shape index (κ3) is 3.74. The van der Waals surface area contributed by atoms with Gasteiger partial charge in [-0.25, -0.2) is 4.39 Å². The van der Waals surface area contributed by atoms with Crippen LogP contribution in [0.2, 0.25) is 5.02 Å². The number of nitrogens with one attached hydrogen (secondary N) is 1. The zero-order valence-electron chi connectivity index (χ0n) is 11.2. The van der Waals surface area contributed by atoms with Gasteiger partial charge in [-0.3, -0.25) is 4.79 Å². The third-order valence-corrected chi connectivity index (χ3v) is 4.26. The van der Waals surface area contributed by atoms with Gasteiger partial charge in [-0.15, -0.1) is 0 Å². The fourth-order valence-corrected chi connectivity index (χ4v) is 2.36. The highest BCUT2D eigenvalue weighted by molar-refractivity contribution is 9.10. The van der Waals surface area contributed by atoms with Gasteiger partial charge in [0.2, 0.25) is 5.91 Å². The van der Waals surface area contributed by atoms with Gasteiger partial charge in [0.05, 0.1) is 5.02 Å². The zero-order valence-corrected chi connectivity index (χ0v) is 13.5. The summed E-state index contributed by atoms with van der Waals surface area (Å²) in [6.07, 6.45) is 0. The second-order valence-electron chi connectivity index (χ2n) is 4.62. The number of nitrogens with two attached hydrogens (primary N) is 1. The first-order valence-electron chi connectivity index (χ1n) is 6.15. The van der Waals surface area contributed by atoms with Gasteiger partial charge < -0.3 is 11.1 Å². The molecule has 0 aliphatic carbocycles. The summed E-state index contributed by atoms with van der Waals surface area (Å²) in [6, 6.07) is 8.89. The molecule has 2 aromatic rings. The normalized spacial score (nSPS) is 12.0. The number of aryl methyl sites for hydroxylation is 1. The molecule has 0 aliphatic rings. The van der Waals surface area contributed by atoms with Gasteiger partial charge >= 0.3 is 0 Å². The van der Waals surface area contributed by atoms with Gasteiger partial charge in [0.1, 0.15) is 11.9 Å². The summed E-state index contributed by atoms with van der Waals surface area (Å²) >= 11 is 9.22. The average molecular weight is 372 g/mol. The van der Waals surface area contributed by atoms with Crippen LogP contribution >= 0.6 is 27.5 Å². The Morgan fingerprint density at radius 3 is 2.62 bits per heavy atom. The largest absolute Gasteiger partial charge is 0.370 e. The molecular weight excluding hydrogens is 359 g/mol. The van der Waals surface area contributed by atoms with Crippen molar-refractivity contribution in [3.63, 3.8) is 0 Å². The van der Waals surface area contributed by atoms with Crippen molar-refractivity contribution in [2.75, 3.05) is 5.32 Å². The maximum atomic E-state index is 13.7. The van der Waals surface area contributed by atoms with Crippen molar-refractivity contribution in [2.45, 2.75) is 13.0 Å². The molecule has 1 atom stereocenters. The highest BCUT2D eigenvalue weighted by atomic mass is 79.9. The molecule has 0 saturated heterocycles. The lowest BCUT2D eigenvalue weighted by Gasteiger charge is -2.18. The predicted molar refractivity (Wildman–Crippen MR) is 85.8 cm³/mol. The second-order valence-corrected chi connectivity index (χ2v) is 5.88. The standard InChI is InChI=1S/C15H13BrClFN2O/c1-8-2-3-9(6-13(8)18)14(15(19)21)20-10-4-5-12(17)11(16)7-10/h2-7,14,20H,1H3,(H2,19,21). The SMILES string of the molecule is Cc1ccc(C(Nc2ccc(Cl)c(Br)c2)C(N)=O)cc1F. The fourth-order valence-electron chi connectivity index (χ4n) is 1.86. The van der Waals surface area contributed by atoms with E-state index in [2.05, 4.69) is 21.2 Å². The number of primary amides is 1. The molecule has 0 bridgehead atoms. The molecule has 2 rings (SSSR count). The molecule has 0 heterocycles. The van der Waals surface area contributed by atoms with Gasteiger partial charge in [-0.2, -0.15) is 0 Å². The molecule has 3 nitrogen and oxygen atoms in total. The lowest BCUT2D eigenvalue weighted by atomic mass is 10.0. The van der Waals surface area contributed by atoms with Crippen molar-refractivity contribution in [3.8, 4) is 0 Å². The Labute approximate surface area is 135 Å². The van der Waals surface area contributed by atoms with E-state index in [1.54, 1.807) is 37.3 Å². The van der Waals surface area contributed by atoms with E-state index >= 15 is 0 Å². The molecule has 110 valence electrons. The summed E-state index contributed by atoms with van der Waals surface area (Å²) in [4.78, 5) is 11.7. The molecular formula is C15H13BrClFN2O. The van der Waals surface area contributed by atoms with Crippen LogP contribution in [0.25, 0.3) is 0 Å². The topological polar surface area (TPSA) is 55.1 Å². The Hall–Kier alpha value is -1.59. The van der Waals surface area contributed by atoms with Gasteiger partial charge in [0.25, 0.3) is 0 Å². The molecule has 1 unspecified atom stereocenters. The van der Waals surface area contributed by atoms with Crippen LogP contribution in [0.4, 0.5) is 10.1 Å². The predicted octanol–water partition coefficient (Wildman–Crippen LogP) is 4.19. The van der Waals surface area contributed by atoms with Crippen LogP contribution in [-0.4, -0.2) is 5.91 Å². The van der Waals surface area contributed by atoms with Crippen molar-refractivity contribution < 1.29 is 9.18 Å². The second kappa shape index (κ2) is 6.45. The number of rotatable bonds is 4. The smallest absolute Gasteiger partial charge is 0.244 e. The number of carbonyl (C=O) groups is 1. The van der Waals surface area contributed by atoms with Gasteiger partial charge in [-0.1, -0.05) is 23.7 Å². The van der Waals surface area contributed by atoms with Crippen LogP contribution < -0.4 is 11.1 Å². The van der Waals surface area contributed by atoms with E-state index in [1.807, 2.05) is 0 Å². The molecule has 6 heteroatoms. The van der Waals surface area contributed by atoms with Crippen molar-refractivity contribution >= 4 is 39.1 Å². The summed E-state index contributed by atoms with van der Waals surface area (Å²) in [5, 5.41) is 3.53. The van der Waals surface area contributed by atoms with E-state index in [0.717, 1.165) is 0 Å². The quantitative estimate of drug-likeness (QED) is 0.847. The van der Waals surface area contributed by atoms with Crippen molar-refractivity contribution in [1.82, 2.24) is 0 Å². The Morgan fingerprint density at radius 1 is 1.33 bits per heavy atom. The first-order valence-corrected chi connectivity index (χ1v) is 7.32. The molecule has 2 aromatic carbocycles. The van der Waals surface area contributed by atoms with Crippen molar-refractivity contribution in [1.29, 1.82) is 0 Å². The summed E-state index contributed by atoms with van der Waals surface area (Å²) < 4.78 is 14.3. The van der Waals surface area contributed by atoms with Crippen molar-refractivity contribution in [3.05, 3.63) is 62.8 Å². The van der Waals surface area contributed by atoms with Crippen LogP contribution in [0, 0.1) is 12.7 Å². The minimum atomic E-state index is -0.826. The number of halogens is 3. The molecule has 0 spiro atoms. The number of benzene rings is 2. The molecule has 0 aromatic heterocycles. The van der Waals surface area contributed by atoms with Crippen molar-refractivity contribution in [2.24, 2.45) is 5.73 Å². The zero-order chi connectivity index (χ0) is 15.6. The molecule has 0 radical (unpaired) electrons. The molecule has 1 amide bonds. The summed E-state index contributed by atoms with van der Waals surface area (Å²) in [5.41, 5.74) is 7.04. The number of carbonyl (C=O) groups excluding carboxylic acids is 1. The molecule has 3 N–H and O–H groups in total. The highest BCUT2D eigenvalue weighted by Gasteiger charge is 2.19. The molecule has 21 heavy (non-hydrogen) atoms. The van der Waals surface area contributed by atoms with E-state index in [1.165, 1.54) is 6.07 Å². The van der Waals surface area contributed by atoms with E-state index in [-0.39, 0.29) is 5.82 Å². The van der Waals surface area contributed by atoms with Crippen LogP contribution in [0.5, 0.6) is 0 Å². The lowest BCUT2D eigenvalue weighted by Crippen LogP contribution is -2.27. The van der Waals surface area contributed by atoms with Crippen LogP contribution in [0.3, 0.4) is 0 Å². The molecule has 0 saturated carbocycles. The maximum Gasteiger partial charge on any atom is 0.244 e. The molecule has 0 fully saturated rings. The van der Waals surface area contributed by atoms with Crippen LogP contribution in [0.15, 0.2) is 40.9 Å². The number of hydrogen-bond donors (Lipinski definition) is 2. The Kier molecular flexibility index (Phi) is 4.85. The number of anilines is 1. The molecule has 0 aliphatic heterocycles. The Bertz CT molecular complexity index is 693. The van der Waals surface area contributed by atoms with Crippen LogP contribution in [0.1, 0.15) is 17.2 Å². The summed E-state index contributed by atoms with van der Waals surface area (Å²) in [6.45, 7) is 1.65. The number of amides is 1. The Morgan fingerprint density at radius 2 is 2.05 bits per heavy atom. The maximum absolute atomic E-state index is 13.7. The summed E-state index contributed by atoms with van der Waals surface area (Å²) in [7, 11) is 0. The van der Waals surface area contributed by atoms with E-state index in [4.69, 9.17) is 17.3 Å². The average Bonchev–Trinajstić information content (AvgIpc) is 2.43. The highest BCUT2D eigenvalue weighted by Crippen LogP contribution is 2.28. The third-order valence-electron chi connectivity index (χ3n) is 3.04. The van der Waals surface area contributed by atoms with E-state index in [0.29, 0.717) is 26.3 Å².